The van der Waals surface area contributed by atoms with E-state index in [9.17, 15) is 4.79 Å². The van der Waals surface area contributed by atoms with Crippen molar-refractivity contribution in [1.82, 2.24) is 9.88 Å². The summed E-state index contributed by atoms with van der Waals surface area (Å²) in [5, 5.41) is 3.11. The Labute approximate surface area is 200 Å². The predicted molar refractivity (Wildman–Crippen MR) is 139 cm³/mol. The van der Waals surface area contributed by atoms with Crippen molar-refractivity contribution in [3.05, 3.63) is 71.8 Å². The van der Waals surface area contributed by atoms with Crippen LogP contribution in [-0.2, 0) is 17.6 Å². The Morgan fingerprint density at radius 1 is 1.00 bits per heavy atom. The summed E-state index contributed by atoms with van der Waals surface area (Å²) in [6, 6.07) is 20.8. The summed E-state index contributed by atoms with van der Waals surface area (Å²) in [5.74, 6) is 0.102. The second-order valence-corrected chi connectivity index (χ2v) is 9.18. The van der Waals surface area contributed by atoms with Gasteiger partial charge in [0.25, 0.3) is 0 Å². The number of fused-ring (bicyclic) bond motifs is 2. The Morgan fingerprint density at radius 2 is 1.78 bits per heavy atom. The zero-order valence-electron chi connectivity index (χ0n) is 18.9. The summed E-state index contributed by atoms with van der Waals surface area (Å²) in [6.07, 6.45) is 2.28. The lowest BCUT2D eigenvalue weighted by Crippen LogP contribution is -2.34. The van der Waals surface area contributed by atoms with Crippen molar-refractivity contribution in [2.24, 2.45) is 0 Å². The number of benzene rings is 3. The maximum Gasteiger partial charge on any atom is 0.233 e. The lowest BCUT2D eigenvalue weighted by atomic mass is 10.0. The average molecular weight is 468 g/mol. The molecule has 3 aromatic carbocycles. The molecule has 168 valence electrons. The van der Waals surface area contributed by atoms with Gasteiger partial charge in [-0.25, -0.2) is 4.98 Å². The highest BCUT2D eigenvalue weighted by Gasteiger charge is 2.21. The van der Waals surface area contributed by atoms with Crippen LogP contribution in [0.3, 0.4) is 0 Å². The van der Waals surface area contributed by atoms with Gasteiger partial charge in [-0.1, -0.05) is 66.8 Å². The number of carbonyl (C=O) groups is 1. The molecule has 1 aromatic heterocycles. The van der Waals surface area contributed by atoms with Gasteiger partial charge in [0.1, 0.15) is 0 Å². The molecule has 0 aliphatic rings. The van der Waals surface area contributed by atoms with Gasteiger partial charge in [-0.05, 0) is 67.5 Å². The van der Waals surface area contributed by atoms with Crippen molar-refractivity contribution < 1.29 is 4.79 Å². The Hall–Kier alpha value is -2.47. The van der Waals surface area contributed by atoms with E-state index in [4.69, 9.17) is 4.98 Å². The monoisotopic (exact) mass is 467 g/mol. The molecule has 0 aliphatic heterocycles. The lowest BCUT2D eigenvalue weighted by Gasteiger charge is -2.21. The number of hydrogen-bond acceptors (Lipinski definition) is 4. The van der Waals surface area contributed by atoms with E-state index < -0.39 is 0 Å². The van der Waals surface area contributed by atoms with E-state index >= 15 is 0 Å². The summed E-state index contributed by atoms with van der Waals surface area (Å²) in [4.78, 5) is 22.4. The molecule has 32 heavy (non-hydrogen) atoms. The van der Waals surface area contributed by atoms with Gasteiger partial charge in [0, 0.05) is 6.54 Å². The summed E-state index contributed by atoms with van der Waals surface area (Å²) in [7, 11) is 4.12. The predicted octanol–water partition coefficient (Wildman–Crippen LogP) is 5.96. The number of halogens is 1. The summed E-state index contributed by atoms with van der Waals surface area (Å²) in [5.41, 5.74) is 3.33. The first kappa shape index (κ1) is 24.2. The molecule has 0 radical (unpaired) electrons. The van der Waals surface area contributed by atoms with Crippen LogP contribution in [0, 0.1) is 0 Å². The largest absolute Gasteiger partial charge is 0.309 e. The van der Waals surface area contributed by atoms with Crippen molar-refractivity contribution in [2.45, 2.75) is 26.2 Å². The molecule has 0 atom stereocenters. The summed E-state index contributed by atoms with van der Waals surface area (Å²) >= 11 is 1.62. The maximum atomic E-state index is 13.5. The normalized spacial score (nSPS) is 11.1. The van der Waals surface area contributed by atoms with E-state index in [1.54, 1.807) is 11.3 Å². The molecule has 1 amide bonds. The topological polar surface area (TPSA) is 36.4 Å². The minimum Gasteiger partial charge on any atom is -0.309 e. The first-order chi connectivity index (χ1) is 15.0. The number of aromatic nitrogens is 1. The summed E-state index contributed by atoms with van der Waals surface area (Å²) < 4.78 is 1.14. The second kappa shape index (κ2) is 10.9. The summed E-state index contributed by atoms with van der Waals surface area (Å²) in [6.45, 7) is 3.76. The van der Waals surface area contributed by atoms with E-state index in [-0.39, 0.29) is 18.3 Å². The van der Waals surface area contributed by atoms with Crippen LogP contribution in [0.15, 0.2) is 60.7 Å². The molecule has 6 heteroatoms. The van der Waals surface area contributed by atoms with Crippen LogP contribution in [0.25, 0.3) is 21.0 Å². The lowest BCUT2D eigenvalue weighted by molar-refractivity contribution is -0.118. The van der Waals surface area contributed by atoms with Gasteiger partial charge in [0.05, 0.1) is 16.6 Å². The highest BCUT2D eigenvalue weighted by Crippen LogP contribution is 2.31. The maximum absolute atomic E-state index is 13.5. The number of anilines is 1. The third-order valence-corrected chi connectivity index (χ3v) is 6.63. The zero-order chi connectivity index (χ0) is 21.8. The molecule has 0 fully saturated rings. The van der Waals surface area contributed by atoms with Gasteiger partial charge in [-0.3, -0.25) is 9.69 Å². The number of thiazole rings is 1. The molecule has 4 rings (SSSR count). The van der Waals surface area contributed by atoms with Crippen molar-refractivity contribution in [1.29, 1.82) is 0 Å². The first-order valence-electron chi connectivity index (χ1n) is 10.9. The molecular weight excluding hydrogens is 438 g/mol. The van der Waals surface area contributed by atoms with Crippen LogP contribution in [0.4, 0.5) is 5.13 Å². The van der Waals surface area contributed by atoms with Gasteiger partial charge < -0.3 is 4.90 Å². The smallest absolute Gasteiger partial charge is 0.233 e. The van der Waals surface area contributed by atoms with E-state index in [1.807, 2.05) is 23.1 Å². The molecule has 0 saturated carbocycles. The number of carbonyl (C=O) groups excluding carboxylic acids is 1. The highest BCUT2D eigenvalue weighted by molar-refractivity contribution is 7.22. The van der Waals surface area contributed by atoms with Crippen LogP contribution in [0.5, 0.6) is 0 Å². The molecule has 0 unspecified atom stereocenters. The number of amides is 1. The van der Waals surface area contributed by atoms with Gasteiger partial charge in [0.2, 0.25) is 5.91 Å². The first-order valence-corrected chi connectivity index (χ1v) is 11.7. The van der Waals surface area contributed by atoms with Crippen molar-refractivity contribution >= 4 is 55.8 Å². The SMILES string of the molecule is CCc1ccc2nc(N(CCCN(C)C)C(=O)Cc3cccc4ccccc34)sc2c1.Cl. The Bertz CT molecular complexity index is 1200. The fourth-order valence-corrected chi connectivity index (χ4v) is 4.94. The van der Waals surface area contributed by atoms with Crippen LogP contribution < -0.4 is 4.90 Å². The Kier molecular flexibility index (Phi) is 8.24. The van der Waals surface area contributed by atoms with E-state index in [0.717, 1.165) is 45.7 Å². The second-order valence-electron chi connectivity index (χ2n) is 8.17. The molecule has 4 aromatic rings. The molecule has 4 nitrogen and oxygen atoms in total. The third-order valence-electron chi connectivity index (χ3n) is 5.59. The van der Waals surface area contributed by atoms with Crippen molar-refractivity contribution in [3.63, 3.8) is 0 Å². The Balaban J connectivity index is 0.00000289. The van der Waals surface area contributed by atoms with Gasteiger partial charge in [-0.15, -0.1) is 12.4 Å². The zero-order valence-corrected chi connectivity index (χ0v) is 20.5. The third kappa shape index (κ3) is 5.47. The van der Waals surface area contributed by atoms with E-state index in [0.29, 0.717) is 13.0 Å². The van der Waals surface area contributed by atoms with Gasteiger partial charge in [0.15, 0.2) is 5.13 Å². The molecule has 0 saturated heterocycles. The van der Waals surface area contributed by atoms with Gasteiger partial charge in [-0.2, -0.15) is 0 Å². The van der Waals surface area contributed by atoms with Crippen molar-refractivity contribution in [2.75, 3.05) is 32.1 Å². The van der Waals surface area contributed by atoms with Gasteiger partial charge >= 0.3 is 0 Å². The van der Waals surface area contributed by atoms with Crippen LogP contribution in [0.2, 0.25) is 0 Å². The van der Waals surface area contributed by atoms with E-state index in [1.165, 1.54) is 10.9 Å². The molecule has 1 heterocycles. The molecular formula is C26H30ClN3OS. The molecule has 0 N–H and O–H groups in total. The Morgan fingerprint density at radius 3 is 2.56 bits per heavy atom. The van der Waals surface area contributed by atoms with E-state index in [2.05, 4.69) is 68.4 Å². The average Bonchev–Trinajstić information content (AvgIpc) is 3.19. The fraction of sp³-hybridized carbons (Fsp3) is 0.308. The number of nitrogens with zero attached hydrogens (tertiary/aromatic N) is 3. The fourth-order valence-electron chi connectivity index (χ4n) is 3.87. The highest BCUT2D eigenvalue weighted by atomic mass is 35.5. The number of hydrogen-bond donors (Lipinski definition) is 0. The quantitative estimate of drug-likeness (QED) is 0.320. The van der Waals surface area contributed by atoms with Crippen LogP contribution >= 0.6 is 23.7 Å². The van der Waals surface area contributed by atoms with Crippen LogP contribution in [-0.4, -0.2) is 43.0 Å². The standard InChI is InChI=1S/C26H29N3OS.ClH/c1-4-19-13-14-23-24(17-19)31-26(27-23)29(16-8-15-28(2)3)25(30)18-21-11-7-10-20-9-5-6-12-22(20)21;/h5-7,9-14,17H,4,8,15-16,18H2,1-3H3;1H. The van der Waals surface area contributed by atoms with Crippen LogP contribution in [0.1, 0.15) is 24.5 Å². The van der Waals surface area contributed by atoms with Crippen molar-refractivity contribution in [3.8, 4) is 0 Å². The molecule has 0 bridgehead atoms. The minimum atomic E-state index is 0. The molecule has 0 spiro atoms. The number of aryl methyl sites for hydroxylation is 1. The molecule has 0 aliphatic carbocycles. The minimum absolute atomic E-state index is 0. The number of rotatable bonds is 8.